The minimum atomic E-state index is -0.423. The molecule has 3 heteroatoms. The molecule has 0 aliphatic rings. The maximum absolute atomic E-state index is 13.1. The quantitative estimate of drug-likeness (QED) is 0.708. The van der Waals surface area contributed by atoms with Crippen molar-refractivity contribution in [2.75, 3.05) is 6.61 Å². The minimum absolute atomic E-state index is 0.0768. The summed E-state index contributed by atoms with van der Waals surface area (Å²) in [5.41, 5.74) is 0. The van der Waals surface area contributed by atoms with E-state index in [-0.39, 0.29) is 12.4 Å². The third kappa shape index (κ3) is 1.99. The molecule has 0 heterocycles. The van der Waals surface area contributed by atoms with Gasteiger partial charge < -0.3 is 4.74 Å². The summed E-state index contributed by atoms with van der Waals surface area (Å²) in [4.78, 5) is 0. The smallest absolute Gasteiger partial charge is 0.179 e. The molecular weight excluding hydrogens is 223 g/mol. The molecule has 0 fully saturated rings. The van der Waals surface area contributed by atoms with E-state index < -0.39 is 5.82 Å². The Kier molecular flexibility index (Phi) is 3.12. The normalized spacial score (nSPS) is 9.08. The molecule has 0 saturated heterocycles. The summed E-state index contributed by atoms with van der Waals surface area (Å²) in [6.45, 7) is 0.0768. The molecule has 0 unspecified atom stereocenters. The molecule has 0 saturated carbocycles. The van der Waals surface area contributed by atoms with Crippen molar-refractivity contribution in [1.29, 1.82) is 0 Å². The summed E-state index contributed by atoms with van der Waals surface area (Å²) in [6, 6.07) is 4.80. The van der Waals surface area contributed by atoms with Crippen LogP contribution in [0.15, 0.2) is 22.7 Å². The maximum atomic E-state index is 13.1. The molecule has 0 aliphatic heterocycles. The summed E-state index contributed by atoms with van der Waals surface area (Å²) >= 11 is 3.03. The SMILES string of the molecule is C#CCOc1cccc(Br)c1F. The van der Waals surface area contributed by atoms with Crippen LogP contribution in [0.1, 0.15) is 0 Å². The zero-order chi connectivity index (χ0) is 8.97. The molecule has 0 bridgehead atoms. The predicted molar refractivity (Wildman–Crippen MR) is 48.4 cm³/mol. The van der Waals surface area contributed by atoms with Crippen LogP contribution < -0.4 is 4.74 Å². The summed E-state index contributed by atoms with van der Waals surface area (Å²) in [5.74, 6) is 2.00. The van der Waals surface area contributed by atoms with Crippen LogP contribution in [0, 0.1) is 18.2 Å². The van der Waals surface area contributed by atoms with E-state index in [1.54, 1.807) is 12.1 Å². The van der Waals surface area contributed by atoms with E-state index >= 15 is 0 Å². The molecule has 1 aromatic rings. The summed E-state index contributed by atoms with van der Waals surface area (Å²) in [5, 5.41) is 0. The summed E-state index contributed by atoms with van der Waals surface area (Å²) in [7, 11) is 0. The fourth-order valence-electron chi connectivity index (χ4n) is 0.715. The number of ether oxygens (including phenoxy) is 1. The van der Waals surface area contributed by atoms with Crippen LogP contribution in [-0.4, -0.2) is 6.61 Å². The van der Waals surface area contributed by atoms with Crippen molar-refractivity contribution in [2.45, 2.75) is 0 Å². The lowest BCUT2D eigenvalue weighted by atomic mass is 10.3. The molecular formula is C9H6BrFO. The first-order valence-corrected chi connectivity index (χ1v) is 4.05. The number of hydrogen-bond donors (Lipinski definition) is 0. The second-order valence-electron chi connectivity index (χ2n) is 2.04. The Morgan fingerprint density at radius 2 is 2.33 bits per heavy atom. The van der Waals surface area contributed by atoms with Gasteiger partial charge in [-0.3, -0.25) is 0 Å². The molecule has 1 rings (SSSR count). The maximum Gasteiger partial charge on any atom is 0.179 e. The fraction of sp³-hybridized carbons (Fsp3) is 0.111. The van der Waals surface area contributed by atoms with Crippen LogP contribution in [0.2, 0.25) is 0 Å². The monoisotopic (exact) mass is 228 g/mol. The van der Waals surface area contributed by atoms with Gasteiger partial charge in [0.2, 0.25) is 0 Å². The van der Waals surface area contributed by atoms with Gasteiger partial charge in [0, 0.05) is 0 Å². The van der Waals surface area contributed by atoms with Gasteiger partial charge >= 0.3 is 0 Å². The van der Waals surface area contributed by atoms with E-state index in [2.05, 4.69) is 21.9 Å². The molecule has 0 spiro atoms. The van der Waals surface area contributed by atoms with Crippen molar-refractivity contribution >= 4 is 15.9 Å². The fourth-order valence-corrected chi connectivity index (χ4v) is 1.06. The number of terminal acetylenes is 1. The second kappa shape index (κ2) is 4.13. The predicted octanol–water partition coefficient (Wildman–Crippen LogP) is 2.60. The topological polar surface area (TPSA) is 9.23 Å². The minimum Gasteiger partial charge on any atom is -0.478 e. The Bertz CT molecular complexity index is 317. The third-order valence-corrected chi connectivity index (χ3v) is 1.84. The summed E-state index contributed by atoms with van der Waals surface area (Å²) < 4.78 is 18.4. The average Bonchev–Trinajstić information content (AvgIpc) is 2.08. The first-order valence-electron chi connectivity index (χ1n) is 3.26. The Labute approximate surface area is 78.7 Å². The van der Waals surface area contributed by atoms with Gasteiger partial charge in [-0.05, 0) is 28.1 Å². The molecule has 0 amide bonds. The number of rotatable bonds is 2. The van der Waals surface area contributed by atoms with E-state index in [1.807, 2.05) is 0 Å². The zero-order valence-electron chi connectivity index (χ0n) is 6.18. The highest BCUT2D eigenvalue weighted by atomic mass is 79.9. The molecule has 1 nitrogen and oxygen atoms in total. The van der Waals surface area contributed by atoms with Gasteiger partial charge in [0.15, 0.2) is 11.6 Å². The van der Waals surface area contributed by atoms with Gasteiger partial charge in [0.25, 0.3) is 0 Å². The van der Waals surface area contributed by atoms with Crippen molar-refractivity contribution in [3.8, 4) is 18.1 Å². The molecule has 12 heavy (non-hydrogen) atoms. The first kappa shape index (κ1) is 9.08. The van der Waals surface area contributed by atoms with Crippen molar-refractivity contribution in [2.24, 2.45) is 0 Å². The van der Waals surface area contributed by atoms with E-state index in [9.17, 15) is 4.39 Å². The molecule has 62 valence electrons. The van der Waals surface area contributed by atoms with E-state index in [0.29, 0.717) is 4.47 Å². The standard InChI is InChI=1S/C9H6BrFO/c1-2-6-12-8-5-3-4-7(10)9(8)11/h1,3-5H,6H2. The highest BCUT2D eigenvalue weighted by molar-refractivity contribution is 9.10. The lowest BCUT2D eigenvalue weighted by Gasteiger charge is -2.03. The Morgan fingerprint density at radius 3 is 3.00 bits per heavy atom. The molecule has 0 atom stereocenters. The Balaban J connectivity index is 2.86. The van der Waals surface area contributed by atoms with Crippen LogP contribution in [0.3, 0.4) is 0 Å². The van der Waals surface area contributed by atoms with Crippen LogP contribution >= 0.6 is 15.9 Å². The van der Waals surface area contributed by atoms with Crippen LogP contribution in [0.5, 0.6) is 5.75 Å². The molecule has 0 aromatic heterocycles. The molecule has 0 radical (unpaired) electrons. The lowest BCUT2D eigenvalue weighted by molar-refractivity contribution is 0.347. The van der Waals surface area contributed by atoms with Crippen LogP contribution in [-0.2, 0) is 0 Å². The van der Waals surface area contributed by atoms with Crippen molar-refractivity contribution in [3.63, 3.8) is 0 Å². The first-order chi connectivity index (χ1) is 5.75. The Hall–Kier alpha value is -1.01. The average molecular weight is 229 g/mol. The second-order valence-corrected chi connectivity index (χ2v) is 2.90. The van der Waals surface area contributed by atoms with Gasteiger partial charge in [-0.1, -0.05) is 12.0 Å². The van der Waals surface area contributed by atoms with Crippen LogP contribution in [0.25, 0.3) is 0 Å². The van der Waals surface area contributed by atoms with Crippen LogP contribution in [0.4, 0.5) is 4.39 Å². The van der Waals surface area contributed by atoms with Gasteiger partial charge in [0.05, 0.1) is 4.47 Å². The van der Waals surface area contributed by atoms with E-state index in [0.717, 1.165) is 0 Å². The van der Waals surface area contributed by atoms with Gasteiger partial charge in [-0.2, -0.15) is 0 Å². The lowest BCUT2D eigenvalue weighted by Crippen LogP contribution is -1.96. The van der Waals surface area contributed by atoms with Crippen molar-refractivity contribution in [1.82, 2.24) is 0 Å². The molecule has 0 aliphatic carbocycles. The number of hydrogen-bond acceptors (Lipinski definition) is 1. The molecule has 0 N–H and O–H groups in total. The van der Waals surface area contributed by atoms with E-state index in [1.165, 1.54) is 6.07 Å². The van der Waals surface area contributed by atoms with Crippen molar-refractivity contribution in [3.05, 3.63) is 28.5 Å². The highest BCUT2D eigenvalue weighted by Gasteiger charge is 2.05. The summed E-state index contributed by atoms with van der Waals surface area (Å²) in [6.07, 6.45) is 4.96. The van der Waals surface area contributed by atoms with Gasteiger partial charge in [0.1, 0.15) is 6.61 Å². The number of halogens is 2. The largest absolute Gasteiger partial charge is 0.478 e. The number of benzene rings is 1. The van der Waals surface area contributed by atoms with Crippen molar-refractivity contribution < 1.29 is 9.13 Å². The van der Waals surface area contributed by atoms with Gasteiger partial charge in [-0.15, -0.1) is 6.42 Å². The Morgan fingerprint density at radius 1 is 1.58 bits per heavy atom. The third-order valence-electron chi connectivity index (χ3n) is 1.23. The zero-order valence-corrected chi connectivity index (χ0v) is 7.77. The molecule has 1 aromatic carbocycles. The van der Waals surface area contributed by atoms with E-state index in [4.69, 9.17) is 11.2 Å². The van der Waals surface area contributed by atoms with Gasteiger partial charge in [-0.25, -0.2) is 4.39 Å². The highest BCUT2D eigenvalue weighted by Crippen LogP contribution is 2.24.